The summed E-state index contributed by atoms with van der Waals surface area (Å²) in [4.78, 5) is 6.08. The Morgan fingerprint density at radius 1 is 1.12 bits per heavy atom. The van der Waals surface area contributed by atoms with Gasteiger partial charge in [-0.3, -0.25) is 4.99 Å². The lowest BCUT2D eigenvalue weighted by molar-refractivity contribution is 0.281. The molecule has 0 radical (unpaired) electrons. The van der Waals surface area contributed by atoms with Crippen LogP contribution in [0.3, 0.4) is 0 Å². The Balaban J connectivity index is 2.05. The molecule has 26 heavy (non-hydrogen) atoms. The van der Waals surface area contributed by atoms with Gasteiger partial charge in [-0.05, 0) is 43.4 Å². The second kappa shape index (κ2) is 8.95. The average molecular weight is 411 g/mol. The lowest BCUT2D eigenvalue weighted by atomic mass is 9.62. The van der Waals surface area contributed by atoms with E-state index in [9.17, 15) is 0 Å². The van der Waals surface area contributed by atoms with Crippen LogP contribution in [-0.4, -0.2) is 11.1 Å². The third-order valence-electron chi connectivity index (χ3n) is 5.46. The van der Waals surface area contributed by atoms with Gasteiger partial charge in [-0.2, -0.15) is 0 Å². The zero-order valence-corrected chi connectivity index (χ0v) is 18.1. The highest BCUT2D eigenvalue weighted by molar-refractivity contribution is 7.07. The van der Waals surface area contributed by atoms with Crippen molar-refractivity contribution in [1.29, 1.82) is 0 Å². The molecule has 142 valence electrons. The van der Waals surface area contributed by atoms with Gasteiger partial charge in [0, 0.05) is 29.6 Å². The molecule has 1 aliphatic carbocycles. The van der Waals surface area contributed by atoms with E-state index in [0.29, 0.717) is 10.0 Å². The Bertz CT molecular complexity index is 803. The molecular weight excluding hydrogens is 383 g/mol. The van der Waals surface area contributed by atoms with Crippen molar-refractivity contribution in [3.63, 3.8) is 0 Å². The molecule has 2 aromatic rings. The second-order valence-electron chi connectivity index (χ2n) is 7.21. The molecule has 0 aliphatic heterocycles. The summed E-state index contributed by atoms with van der Waals surface area (Å²) < 4.78 is 2.48. The highest BCUT2D eigenvalue weighted by Gasteiger charge is 2.43. The lowest BCUT2D eigenvalue weighted by Crippen LogP contribution is -2.39. The summed E-state index contributed by atoms with van der Waals surface area (Å²) >= 11 is 14.3. The summed E-state index contributed by atoms with van der Waals surface area (Å²) in [5.74, 6) is 0. The molecule has 3 rings (SSSR count). The SMILES string of the molecule is CCCCN=c1scc(C2(c3ccc(Cl)c(Cl)c3)CCC2)n1CCCC. The minimum absolute atomic E-state index is 0.0665. The lowest BCUT2D eigenvalue weighted by Gasteiger charge is -2.43. The highest BCUT2D eigenvalue weighted by atomic mass is 35.5. The number of halogens is 2. The first kappa shape index (κ1) is 20.0. The van der Waals surface area contributed by atoms with Crippen molar-refractivity contribution in [1.82, 2.24) is 4.57 Å². The van der Waals surface area contributed by atoms with E-state index >= 15 is 0 Å². The molecule has 1 aromatic heterocycles. The van der Waals surface area contributed by atoms with Crippen molar-refractivity contribution >= 4 is 34.5 Å². The van der Waals surface area contributed by atoms with E-state index in [2.05, 4.69) is 35.9 Å². The normalized spacial score (nSPS) is 16.7. The van der Waals surface area contributed by atoms with Crippen molar-refractivity contribution in [3.8, 4) is 0 Å². The van der Waals surface area contributed by atoms with E-state index < -0.39 is 0 Å². The van der Waals surface area contributed by atoms with E-state index in [-0.39, 0.29) is 5.41 Å². The Morgan fingerprint density at radius 3 is 2.50 bits per heavy atom. The highest BCUT2D eigenvalue weighted by Crippen LogP contribution is 2.50. The first-order chi connectivity index (χ1) is 12.6. The molecule has 1 saturated carbocycles. The van der Waals surface area contributed by atoms with Crippen molar-refractivity contribution in [2.45, 2.75) is 70.8 Å². The fourth-order valence-electron chi connectivity index (χ4n) is 3.71. The first-order valence-corrected chi connectivity index (χ1v) is 11.4. The summed E-state index contributed by atoms with van der Waals surface area (Å²) in [6.45, 7) is 6.43. The second-order valence-corrected chi connectivity index (χ2v) is 8.86. The molecule has 1 aromatic carbocycles. The Kier molecular flexibility index (Phi) is 6.87. The summed E-state index contributed by atoms with van der Waals surface area (Å²) in [5, 5.41) is 3.62. The van der Waals surface area contributed by atoms with Gasteiger partial charge in [0.15, 0.2) is 4.80 Å². The van der Waals surface area contributed by atoms with Gasteiger partial charge in [-0.25, -0.2) is 0 Å². The van der Waals surface area contributed by atoms with Crippen LogP contribution in [0.2, 0.25) is 10.0 Å². The van der Waals surface area contributed by atoms with Crippen molar-refractivity contribution in [2.75, 3.05) is 6.54 Å². The zero-order valence-electron chi connectivity index (χ0n) is 15.7. The molecule has 0 N–H and O–H groups in total. The molecule has 0 amide bonds. The Morgan fingerprint density at radius 2 is 1.88 bits per heavy atom. The van der Waals surface area contributed by atoms with Crippen LogP contribution in [0.25, 0.3) is 0 Å². The Labute approximate surface area is 170 Å². The molecule has 0 spiro atoms. The third-order valence-corrected chi connectivity index (χ3v) is 7.10. The smallest absolute Gasteiger partial charge is 0.184 e. The van der Waals surface area contributed by atoms with Crippen LogP contribution in [0.15, 0.2) is 28.6 Å². The zero-order chi connectivity index (χ0) is 18.6. The number of nitrogens with zero attached hydrogens (tertiary/aromatic N) is 2. The van der Waals surface area contributed by atoms with Crippen LogP contribution in [0, 0.1) is 0 Å². The summed E-state index contributed by atoms with van der Waals surface area (Å²) in [7, 11) is 0. The summed E-state index contributed by atoms with van der Waals surface area (Å²) in [6, 6.07) is 6.16. The minimum atomic E-state index is 0.0665. The van der Waals surface area contributed by atoms with E-state index in [4.69, 9.17) is 28.2 Å². The van der Waals surface area contributed by atoms with Crippen LogP contribution >= 0.6 is 34.5 Å². The molecule has 2 nitrogen and oxygen atoms in total. The fraction of sp³-hybridized carbons (Fsp3) is 0.571. The number of hydrogen-bond donors (Lipinski definition) is 0. The number of hydrogen-bond acceptors (Lipinski definition) is 2. The van der Waals surface area contributed by atoms with E-state index in [1.165, 1.54) is 54.6 Å². The van der Waals surface area contributed by atoms with Crippen molar-refractivity contribution in [2.24, 2.45) is 4.99 Å². The van der Waals surface area contributed by atoms with Gasteiger partial charge in [0.25, 0.3) is 0 Å². The summed E-state index contributed by atoms with van der Waals surface area (Å²) in [5.41, 5.74) is 2.77. The van der Waals surface area contributed by atoms with E-state index in [1.54, 1.807) is 11.3 Å². The molecule has 0 unspecified atom stereocenters. The predicted octanol–water partition coefficient (Wildman–Crippen LogP) is 6.83. The van der Waals surface area contributed by atoms with Gasteiger partial charge in [-0.1, -0.05) is 62.4 Å². The van der Waals surface area contributed by atoms with Crippen molar-refractivity contribution < 1.29 is 0 Å². The standard InChI is InChI=1S/C21H28Cl2N2S/c1-3-5-12-24-20-25(13-6-4-2)19(15-26-20)21(10-7-11-21)16-8-9-17(22)18(23)14-16/h8-9,14-15H,3-7,10-13H2,1-2H3. The van der Waals surface area contributed by atoms with Crippen LogP contribution in [-0.2, 0) is 12.0 Å². The van der Waals surface area contributed by atoms with Gasteiger partial charge in [0.1, 0.15) is 0 Å². The van der Waals surface area contributed by atoms with Gasteiger partial charge < -0.3 is 4.57 Å². The summed E-state index contributed by atoms with van der Waals surface area (Å²) in [6.07, 6.45) is 8.30. The number of aromatic nitrogens is 1. The number of benzene rings is 1. The minimum Gasteiger partial charge on any atom is -0.320 e. The predicted molar refractivity (Wildman–Crippen MR) is 114 cm³/mol. The van der Waals surface area contributed by atoms with Crippen molar-refractivity contribution in [3.05, 3.63) is 49.7 Å². The maximum Gasteiger partial charge on any atom is 0.184 e. The van der Waals surface area contributed by atoms with Gasteiger partial charge in [-0.15, -0.1) is 11.3 Å². The van der Waals surface area contributed by atoms with Crippen LogP contribution in [0.4, 0.5) is 0 Å². The van der Waals surface area contributed by atoms with Gasteiger partial charge in [0.2, 0.25) is 0 Å². The van der Waals surface area contributed by atoms with Crippen LogP contribution in [0.5, 0.6) is 0 Å². The Hall–Kier alpha value is -0.770. The largest absolute Gasteiger partial charge is 0.320 e. The van der Waals surface area contributed by atoms with Crippen LogP contribution in [0.1, 0.15) is 70.1 Å². The van der Waals surface area contributed by atoms with Crippen LogP contribution < -0.4 is 4.80 Å². The van der Waals surface area contributed by atoms with E-state index in [0.717, 1.165) is 19.5 Å². The number of thiazole rings is 1. The van der Waals surface area contributed by atoms with Gasteiger partial charge >= 0.3 is 0 Å². The van der Waals surface area contributed by atoms with Gasteiger partial charge in [0.05, 0.1) is 10.0 Å². The topological polar surface area (TPSA) is 17.3 Å². The molecular formula is C21H28Cl2N2S. The maximum atomic E-state index is 6.35. The monoisotopic (exact) mass is 410 g/mol. The molecule has 0 bridgehead atoms. The third kappa shape index (κ3) is 3.90. The quantitative estimate of drug-likeness (QED) is 0.424. The maximum absolute atomic E-state index is 6.35. The molecule has 1 fully saturated rings. The molecule has 1 aliphatic rings. The number of rotatable bonds is 8. The molecule has 0 atom stereocenters. The molecule has 5 heteroatoms. The first-order valence-electron chi connectivity index (χ1n) is 9.77. The fourth-order valence-corrected chi connectivity index (χ4v) is 5.07. The molecule has 1 heterocycles. The molecule has 0 saturated heterocycles. The van der Waals surface area contributed by atoms with E-state index in [1.807, 2.05) is 6.07 Å². The average Bonchev–Trinajstić information content (AvgIpc) is 2.98. The number of unbranched alkanes of at least 4 members (excludes halogenated alkanes) is 2.